The molecule has 0 aliphatic carbocycles. The molecule has 1 aromatic heterocycles. The number of amides is 1. The van der Waals surface area contributed by atoms with Gasteiger partial charge in [0.1, 0.15) is 5.69 Å². The van der Waals surface area contributed by atoms with Gasteiger partial charge >= 0.3 is 0 Å². The first-order valence-corrected chi connectivity index (χ1v) is 8.60. The molecule has 2 heterocycles. The van der Waals surface area contributed by atoms with Gasteiger partial charge in [0, 0.05) is 35.6 Å². The van der Waals surface area contributed by atoms with Crippen LogP contribution in [0.25, 0.3) is 0 Å². The van der Waals surface area contributed by atoms with Crippen LogP contribution in [0.2, 0.25) is 0 Å². The number of hydrogen-bond acceptors (Lipinski definition) is 4. The summed E-state index contributed by atoms with van der Waals surface area (Å²) < 4.78 is 5.49. The Morgan fingerprint density at radius 2 is 1.87 bits per heavy atom. The van der Waals surface area contributed by atoms with Crippen molar-refractivity contribution in [3.8, 4) is 0 Å². The average Bonchev–Trinajstić information content (AvgIpc) is 2.62. The van der Waals surface area contributed by atoms with Crippen LogP contribution in [0.3, 0.4) is 0 Å². The number of benzene rings is 1. The molecular formula is C18H20N2O2S. The Labute approximate surface area is 140 Å². The predicted molar refractivity (Wildman–Crippen MR) is 91.7 cm³/mol. The monoisotopic (exact) mass is 328 g/mol. The normalized spacial score (nSPS) is 16.7. The summed E-state index contributed by atoms with van der Waals surface area (Å²) in [5.41, 5.74) is 0.458. The molecule has 0 atom stereocenters. The fraction of sp³-hybridized carbons (Fsp3) is 0.333. The molecule has 0 bridgehead atoms. The molecule has 1 saturated heterocycles. The van der Waals surface area contributed by atoms with Gasteiger partial charge < -0.3 is 10.1 Å². The fourth-order valence-electron chi connectivity index (χ4n) is 2.63. The maximum absolute atomic E-state index is 12.3. The van der Waals surface area contributed by atoms with Crippen molar-refractivity contribution < 1.29 is 9.53 Å². The van der Waals surface area contributed by atoms with Gasteiger partial charge in [-0.15, -0.1) is 11.8 Å². The highest BCUT2D eigenvalue weighted by atomic mass is 32.2. The SMILES string of the molecule is O=C(NCC1(Sc2ccccc2)CCOCC1)c1ccccn1. The number of carbonyl (C=O) groups excluding carboxylic acids is 1. The first kappa shape index (κ1) is 16.0. The summed E-state index contributed by atoms with van der Waals surface area (Å²) in [6, 6.07) is 15.7. The molecule has 1 amide bonds. The smallest absolute Gasteiger partial charge is 0.269 e. The van der Waals surface area contributed by atoms with Crippen LogP contribution in [0, 0.1) is 0 Å². The Bertz CT molecular complexity index is 628. The number of carbonyl (C=O) groups is 1. The second-order valence-electron chi connectivity index (χ2n) is 5.61. The topological polar surface area (TPSA) is 51.2 Å². The average molecular weight is 328 g/mol. The van der Waals surface area contributed by atoms with Crippen molar-refractivity contribution in [3.63, 3.8) is 0 Å². The van der Waals surface area contributed by atoms with E-state index in [0.29, 0.717) is 12.2 Å². The number of pyridine rings is 1. The van der Waals surface area contributed by atoms with Crippen LogP contribution in [0.1, 0.15) is 23.3 Å². The molecule has 120 valence electrons. The van der Waals surface area contributed by atoms with E-state index in [4.69, 9.17) is 4.74 Å². The number of thioether (sulfide) groups is 1. The van der Waals surface area contributed by atoms with Gasteiger partial charge in [-0.1, -0.05) is 24.3 Å². The van der Waals surface area contributed by atoms with Gasteiger partial charge in [0.2, 0.25) is 0 Å². The fourth-order valence-corrected chi connectivity index (χ4v) is 3.93. The maximum Gasteiger partial charge on any atom is 0.269 e. The van der Waals surface area contributed by atoms with Gasteiger partial charge in [0.25, 0.3) is 5.91 Å². The summed E-state index contributed by atoms with van der Waals surface area (Å²) in [5.74, 6) is -0.120. The Balaban J connectivity index is 1.68. The molecule has 3 rings (SSSR count). The summed E-state index contributed by atoms with van der Waals surface area (Å²) >= 11 is 1.83. The summed E-state index contributed by atoms with van der Waals surface area (Å²) in [6.45, 7) is 2.09. The lowest BCUT2D eigenvalue weighted by atomic mass is 9.99. The van der Waals surface area contributed by atoms with Gasteiger partial charge in [0.05, 0.1) is 0 Å². The van der Waals surface area contributed by atoms with Crippen LogP contribution >= 0.6 is 11.8 Å². The summed E-state index contributed by atoms with van der Waals surface area (Å²) in [4.78, 5) is 17.6. The molecule has 1 N–H and O–H groups in total. The molecule has 4 nitrogen and oxygen atoms in total. The molecule has 1 aliphatic heterocycles. The molecule has 2 aromatic rings. The molecule has 23 heavy (non-hydrogen) atoms. The van der Waals surface area contributed by atoms with Crippen LogP contribution in [0.15, 0.2) is 59.6 Å². The number of ether oxygens (including phenoxy) is 1. The minimum Gasteiger partial charge on any atom is -0.381 e. The third kappa shape index (κ3) is 4.33. The zero-order chi connectivity index (χ0) is 16.0. The molecule has 1 aliphatic rings. The van der Waals surface area contributed by atoms with Crippen molar-refractivity contribution in [1.82, 2.24) is 10.3 Å². The van der Waals surface area contributed by atoms with E-state index in [9.17, 15) is 4.79 Å². The van der Waals surface area contributed by atoms with Crippen LogP contribution in [0.4, 0.5) is 0 Å². The Hall–Kier alpha value is -1.85. The molecule has 0 spiro atoms. The quantitative estimate of drug-likeness (QED) is 0.916. The molecule has 0 radical (unpaired) electrons. The van der Waals surface area contributed by atoms with Crippen molar-refractivity contribution >= 4 is 17.7 Å². The van der Waals surface area contributed by atoms with Crippen LogP contribution in [0.5, 0.6) is 0 Å². The van der Waals surface area contributed by atoms with Crippen molar-refractivity contribution in [2.75, 3.05) is 19.8 Å². The molecule has 1 fully saturated rings. The second kappa shape index (κ2) is 7.62. The van der Waals surface area contributed by atoms with E-state index in [0.717, 1.165) is 26.1 Å². The predicted octanol–water partition coefficient (Wildman–Crippen LogP) is 3.15. The number of nitrogens with zero attached hydrogens (tertiary/aromatic N) is 1. The highest BCUT2D eigenvalue weighted by Crippen LogP contribution is 2.40. The minimum absolute atomic E-state index is 0.0238. The maximum atomic E-state index is 12.3. The van der Waals surface area contributed by atoms with Crippen molar-refractivity contribution in [2.24, 2.45) is 0 Å². The third-order valence-corrected chi connectivity index (χ3v) is 5.44. The lowest BCUT2D eigenvalue weighted by molar-refractivity contribution is 0.0740. The Morgan fingerprint density at radius 3 is 2.57 bits per heavy atom. The first-order valence-electron chi connectivity index (χ1n) is 7.79. The molecular weight excluding hydrogens is 308 g/mol. The van der Waals surface area contributed by atoms with Gasteiger partial charge in [-0.2, -0.15) is 0 Å². The molecule has 0 unspecified atom stereocenters. The molecule has 1 aromatic carbocycles. The number of rotatable bonds is 5. The van der Waals surface area contributed by atoms with Crippen molar-refractivity contribution in [2.45, 2.75) is 22.5 Å². The zero-order valence-corrected chi connectivity index (χ0v) is 13.7. The van der Waals surface area contributed by atoms with E-state index in [1.807, 2.05) is 42.1 Å². The first-order chi connectivity index (χ1) is 11.3. The van der Waals surface area contributed by atoms with Crippen molar-refractivity contribution in [3.05, 3.63) is 60.4 Å². The minimum atomic E-state index is -0.120. The highest BCUT2D eigenvalue weighted by molar-refractivity contribution is 8.00. The standard InChI is InChI=1S/C18H20N2O2S/c21-17(16-8-4-5-11-19-16)20-14-18(9-12-22-13-10-18)23-15-6-2-1-3-7-15/h1-8,11H,9-10,12-14H2,(H,20,21). The van der Waals surface area contributed by atoms with E-state index in [1.54, 1.807) is 12.3 Å². The van der Waals surface area contributed by atoms with Crippen LogP contribution in [-0.2, 0) is 4.74 Å². The highest BCUT2D eigenvalue weighted by Gasteiger charge is 2.34. The van der Waals surface area contributed by atoms with Gasteiger partial charge in [-0.05, 0) is 37.1 Å². The lowest BCUT2D eigenvalue weighted by Crippen LogP contribution is -2.44. The largest absolute Gasteiger partial charge is 0.381 e. The number of nitrogens with one attached hydrogen (secondary N) is 1. The number of aromatic nitrogens is 1. The lowest BCUT2D eigenvalue weighted by Gasteiger charge is -2.36. The van der Waals surface area contributed by atoms with Crippen molar-refractivity contribution in [1.29, 1.82) is 0 Å². The Morgan fingerprint density at radius 1 is 1.13 bits per heavy atom. The summed E-state index contributed by atoms with van der Waals surface area (Å²) in [6.07, 6.45) is 3.49. The van der Waals surface area contributed by atoms with E-state index >= 15 is 0 Å². The van der Waals surface area contributed by atoms with Crippen LogP contribution < -0.4 is 5.32 Å². The van der Waals surface area contributed by atoms with E-state index < -0.39 is 0 Å². The molecule has 0 saturated carbocycles. The van der Waals surface area contributed by atoms with E-state index in [2.05, 4.69) is 22.4 Å². The van der Waals surface area contributed by atoms with E-state index in [1.165, 1.54) is 4.90 Å². The number of hydrogen-bond donors (Lipinski definition) is 1. The third-order valence-electron chi connectivity index (χ3n) is 3.95. The second-order valence-corrected chi connectivity index (χ2v) is 7.15. The summed E-state index contributed by atoms with van der Waals surface area (Å²) in [7, 11) is 0. The summed E-state index contributed by atoms with van der Waals surface area (Å²) in [5, 5.41) is 3.05. The van der Waals surface area contributed by atoms with Crippen LogP contribution in [-0.4, -0.2) is 35.4 Å². The zero-order valence-electron chi connectivity index (χ0n) is 12.9. The molecule has 5 heteroatoms. The van der Waals surface area contributed by atoms with E-state index in [-0.39, 0.29) is 10.7 Å². The van der Waals surface area contributed by atoms with Gasteiger partial charge in [-0.25, -0.2) is 0 Å². The Kier molecular flexibility index (Phi) is 5.31. The van der Waals surface area contributed by atoms with Gasteiger partial charge in [-0.3, -0.25) is 9.78 Å². The van der Waals surface area contributed by atoms with Gasteiger partial charge in [0.15, 0.2) is 0 Å².